The molecule has 5 heteroatoms. The second-order valence-electron chi connectivity index (χ2n) is 9.00. The van der Waals surface area contributed by atoms with Crippen LogP contribution in [0.5, 0.6) is 0 Å². The van der Waals surface area contributed by atoms with Gasteiger partial charge in [0.25, 0.3) is 5.91 Å². The van der Waals surface area contributed by atoms with Gasteiger partial charge in [-0.3, -0.25) is 9.59 Å². The molecule has 0 aliphatic carbocycles. The fraction of sp³-hybridized carbons (Fsp3) is 0.300. The zero-order valence-corrected chi connectivity index (χ0v) is 20.0. The second kappa shape index (κ2) is 12.0. The van der Waals surface area contributed by atoms with E-state index < -0.39 is 0 Å². The van der Waals surface area contributed by atoms with Gasteiger partial charge in [0.2, 0.25) is 5.91 Å². The number of nitrogens with one attached hydrogen (secondary N) is 1. The number of benzene rings is 3. The summed E-state index contributed by atoms with van der Waals surface area (Å²) in [5.74, 6) is 0.0303. The molecular formula is C30H31N3O2. The van der Waals surface area contributed by atoms with Crippen molar-refractivity contribution in [2.45, 2.75) is 44.9 Å². The van der Waals surface area contributed by atoms with Crippen molar-refractivity contribution >= 4 is 17.5 Å². The van der Waals surface area contributed by atoms with E-state index in [9.17, 15) is 9.59 Å². The number of aryl methyl sites for hydroxylation is 3. The van der Waals surface area contributed by atoms with Crippen molar-refractivity contribution in [1.29, 1.82) is 5.26 Å². The van der Waals surface area contributed by atoms with E-state index in [2.05, 4.69) is 35.7 Å². The number of fused-ring (bicyclic) bond motifs is 1. The maximum Gasteiger partial charge on any atom is 0.251 e. The van der Waals surface area contributed by atoms with Crippen molar-refractivity contribution in [3.63, 3.8) is 0 Å². The molecule has 0 aromatic heterocycles. The largest absolute Gasteiger partial charge is 0.352 e. The van der Waals surface area contributed by atoms with E-state index in [1.807, 2.05) is 41.3 Å². The molecule has 1 heterocycles. The van der Waals surface area contributed by atoms with Crippen LogP contribution in [0.1, 0.15) is 58.3 Å². The summed E-state index contributed by atoms with van der Waals surface area (Å²) in [5.41, 5.74) is 5.62. The molecule has 0 radical (unpaired) electrons. The van der Waals surface area contributed by atoms with Crippen molar-refractivity contribution < 1.29 is 9.59 Å². The van der Waals surface area contributed by atoms with Crippen molar-refractivity contribution in [3.8, 4) is 6.07 Å². The minimum absolute atomic E-state index is 0.0585. The molecule has 0 unspecified atom stereocenters. The van der Waals surface area contributed by atoms with Crippen LogP contribution in [-0.4, -0.2) is 24.9 Å². The van der Waals surface area contributed by atoms with Gasteiger partial charge >= 0.3 is 0 Å². The molecule has 4 rings (SSSR count). The van der Waals surface area contributed by atoms with Crippen molar-refractivity contribution in [2.24, 2.45) is 0 Å². The van der Waals surface area contributed by atoms with Gasteiger partial charge in [-0.1, -0.05) is 42.5 Å². The number of amides is 2. The van der Waals surface area contributed by atoms with E-state index in [1.54, 1.807) is 12.1 Å². The number of rotatable bonds is 9. The highest BCUT2D eigenvalue weighted by atomic mass is 16.2. The minimum Gasteiger partial charge on any atom is -0.352 e. The van der Waals surface area contributed by atoms with Crippen molar-refractivity contribution in [1.82, 2.24) is 5.32 Å². The zero-order valence-electron chi connectivity index (χ0n) is 20.0. The lowest BCUT2D eigenvalue weighted by Gasteiger charge is -2.30. The first-order valence-electron chi connectivity index (χ1n) is 12.4. The fourth-order valence-corrected chi connectivity index (χ4v) is 4.53. The summed E-state index contributed by atoms with van der Waals surface area (Å²) in [6.07, 6.45) is 5.80. The zero-order chi connectivity index (χ0) is 24.5. The van der Waals surface area contributed by atoms with Gasteiger partial charge in [0, 0.05) is 30.8 Å². The molecule has 0 atom stereocenters. The molecule has 0 bridgehead atoms. The summed E-state index contributed by atoms with van der Waals surface area (Å²) in [5, 5.41) is 12.0. The molecule has 178 valence electrons. The minimum atomic E-state index is -0.0585. The Labute approximate surface area is 207 Å². The SMILES string of the molecule is N#Cc1ccc(CCC(=O)N2CCCc3cc(C(=O)NCCCCc4ccccc4)ccc32)cc1. The molecule has 5 nitrogen and oxygen atoms in total. The number of carbonyl (C=O) groups excluding carboxylic acids is 2. The van der Waals surface area contributed by atoms with E-state index in [1.165, 1.54) is 5.56 Å². The van der Waals surface area contributed by atoms with E-state index >= 15 is 0 Å². The summed E-state index contributed by atoms with van der Waals surface area (Å²) in [6.45, 7) is 1.36. The maximum absolute atomic E-state index is 13.0. The first-order chi connectivity index (χ1) is 17.1. The van der Waals surface area contributed by atoms with Gasteiger partial charge in [-0.15, -0.1) is 0 Å². The van der Waals surface area contributed by atoms with Crippen LogP contribution < -0.4 is 10.2 Å². The number of carbonyl (C=O) groups is 2. The Morgan fingerprint density at radius 1 is 0.914 bits per heavy atom. The third-order valence-corrected chi connectivity index (χ3v) is 6.49. The summed E-state index contributed by atoms with van der Waals surface area (Å²) in [7, 11) is 0. The standard InChI is InChI=1S/C30H31N3O2/c31-22-25-13-11-24(12-14-25)15-18-29(34)33-20-6-10-26-21-27(16-17-28(26)33)30(35)32-19-5-4-9-23-7-2-1-3-8-23/h1-3,7-8,11-14,16-17,21H,4-6,9-10,15,18-20H2,(H,32,35). The molecule has 35 heavy (non-hydrogen) atoms. The van der Waals surface area contributed by atoms with Crippen LogP contribution in [0.2, 0.25) is 0 Å². The van der Waals surface area contributed by atoms with E-state index in [-0.39, 0.29) is 11.8 Å². The van der Waals surface area contributed by atoms with Crippen LogP contribution in [0.4, 0.5) is 5.69 Å². The molecule has 0 spiro atoms. The van der Waals surface area contributed by atoms with Crippen LogP contribution >= 0.6 is 0 Å². The topological polar surface area (TPSA) is 73.2 Å². The van der Waals surface area contributed by atoms with Gasteiger partial charge in [-0.05, 0) is 85.5 Å². The number of hydrogen-bond donors (Lipinski definition) is 1. The summed E-state index contributed by atoms with van der Waals surface area (Å²) in [6, 6.07) is 25.6. The highest BCUT2D eigenvalue weighted by molar-refractivity contribution is 5.98. The lowest BCUT2D eigenvalue weighted by Crippen LogP contribution is -2.36. The Balaban J connectivity index is 1.28. The van der Waals surface area contributed by atoms with Gasteiger partial charge < -0.3 is 10.2 Å². The quantitative estimate of drug-likeness (QED) is 0.440. The average Bonchev–Trinajstić information content (AvgIpc) is 2.91. The molecule has 1 aliphatic heterocycles. The molecule has 2 amide bonds. The molecule has 0 fully saturated rings. The van der Waals surface area contributed by atoms with Crippen LogP contribution in [0.15, 0.2) is 72.8 Å². The predicted molar refractivity (Wildman–Crippen MR) is 138 cm³/mol. The van der Waals surface area contributed by atoms with Gasteiger partial charge in [-0.2, -0.15) is 5.26 Å². The van der Waals surface area contributed by atoms with E-state index in [4.69, 9.17) is 5.26 Å². The van der Waals surface area contributed by atoms with E-state index in [0.717, 1.165) is 48.9 Å². The smallest absolute Gasteiger partial charge is 0.251 e. The Kier molecular flexibility index (Phi) is 8.30. The number of anilines is 1. The maximum atomic E-state index is 13.0. The predicted octanol–water partition coefficient (Wildman–Crippen LogP) is 5.22. The van der Waals surface area contributed by atoms with Gasteiger partial charge in [0.1, 0.15) is 0 Å². The monoisotopic (exact) mass is 465 g/mol. The number of nitriles is 1. The molecule has 0 saturated heterocycles. The second-order valence-corrected chi connectivity index (χ2v) is 9.00. The first-order valence-corrected chi connectivity index (χ1v) is 12.4. The third kappa shape index (κ3) is 6.58. The van der Waals surface area contributed by atoms with Gasteiger partial charge in [0.05, 0.1) is 11.6 Å². The van der Waals surface area contributed by atoms with Crippen molar-refractivity contribution in [3.05, 3.63) is 101 Å². The number of nitrogens with zero attached hydrogens (tertiary/aromatic N) is 2. The lowest BCUT2D eigenvalue weighted by atomic mass is 9.98. The van der Waals surface area contributed by atoms with Gasteiger partial charge in [-0.25, -0.2) is 0 Å². The van der Waals surface area contributed by atoms with Crippen LogP contribution in [0, 0.1) is 11.3 Å². The summed E-state index contributed by atoms with van der Waals surface area (Å²) >= 11 is 0. The normalized spacial score (nSPS) is 12.5. The molecule has 0 saturated carbocycles. The Morgan fingerprint density at radius 3 is 2.46 bits per heavy atom. The molecule has 3 aromatic rings. The Morgan fingerprint density at radius 2 is 1.69 bits per heavy atom. The molecule has 1 N–H and O–H groups in total. The molecule has 3 aromatic carbocycles. The number of unbranched alkanes of at least 4 members (excludes halogenated alkanes) is 1. The van der Waals surface area contributed by atoms with Crippen LogP contribution in [0.3, 0.4) is 0 Å². The molecular weight excluding hydrogens is 434 g/mol. The average molecular weight is 466 g/mol. The van der Waals surface area contributed by atoms with Crippen LogP contribution in [-0.2, 0) is 24.1 Å². The van der Waals surface area contributed by atoms with Gasteiger partial charge in [0.15, 0.2) is 0 Å². The number of hydrogen-bond acceptors (Lipinski definition) is 3. The summed E-state index contributed by atoms with van der Waals surface area (Å²) < 4.78 is 0. The Hall–Kier alpha value is -3.91. The van der Waals surface area contributed by atoms with E-state index in [0.29, 0.717) is 37.1 Å². The van der Waals surface area contributed by atoms with Crippen LogP contribution in [0.25, 0.3) is 0 Å². The summed E-state index contributed by atoms with van der Waals surface area (Å²) in [4.78, 5) is 27.5. The Bertz CT molecular complexity index is 1200. The molecule has 1 aliphatic rings. The highest BCUT2D eigenvalue weighted by Gasteiger charge is 2.23. The first kappa shape index (κ1) is 24.2. The third-order valence-electron chi connectivity index (χ3n) is 6.49. The fourth-order valence-electron chi connectivity index (χ4n) is 4.53. The lowest BCUT2D eigenvalue weighted by molar-refractivity contribution is -0.118. The highest BCUT2D eigenvalue weighted by Crippen LogP contribution is 2.29. The van der Waals surface area contributed by atoms with Crippen molar-refractivity contribution in [2.75, 3.05) is 18.0 Å².